The summed E-state index contributed by atoms with van der Waals surface area (Å²) in [6.07, 6.45) is -15.1. The first kappa shape index (κ1) is 38.4. The van der Waals surface area contributed by atoms with Crippen molar-refractivity contribution >= 4 is 11.9 Å². The molecule has 49 heavy (non-hydrogen) atoms. The highest BCUT2D eigenvalue weighted by Crippen LogP contribution is 2.36. The first-order valence-corrected chi connectivity index (χ1v) is 15.3. The van der Waals surface area contributed by atoms with Crippen LogP contribution >= 0.6 is 0 Å². The zero-order valence-corrected chi connectivity index (χ0v) is 26.5. The number of aliphatic hydroxyl groups is 7. The van der Waals surface area contributed by atoms with E-state index in [0.717, 1.165) is 13.4 Å². The second-order valence-electron chi connectivity index (χ2n) is 11.6. The van der Waals surface area contributed by atoms with E-state index in [-0.39, 0.29) is 35.7 Å². The Morgan fingerprint density at radius 2 is 1.53 bits per heavy atom. The van der Waals surface area contributed by atoms with Gasteiger partial charge in [-0.15, -0.1) is 0 Å². The summed E-state index contributed by atoms with van der Waals surface area (Å²) in [6, 6.07) is 4.15. The van der Waals surface area contributed by atoms with Crippen LogP contribution in [0.15, 0.2) is 41.7 Å². The van der Waals surface area contributed by atoms with E-state index in [1.54, 1.807) is 13.0 Å². The van der Waals surface area contributed by atoms with E-state index in [1.165, 1.54) is 18.2 Å². The minimum Gasteiger partial charge on any atom is -0.504 e. The second-order valence-corrected chi connectivity index (χ2v) is 11.6. The molecule has 0 spiro atoms. The van der Waals surface area contributed by atoms with E-state index >= 15 is 0 Å². The molecule has 9 N–H and O–H groups in total. The molecule has 2 saturated heterocycles. The van der Waals surface area contributed by atoms with Crippen molar-refractivity contribution in [3.05, 3.63) is 47.2 Å². The number of esters is 2. The fourth-order valence-corrected chi connectivity index (χ4v) is 5.54. The molecule has 3 heterocycles. The van der Waals surface area contributed by atoms with Crippen LogP contribution in [0.1, 0.15) is 18.9 Å². The van der Waals surface area contributed by atoms with Gasteiger partial charge in [-0.05, 0) is 31.0 Å². The van der Waals surface area contributed by atoms with Crippen molar-refractivity contribution in [2.24, 2.45) is 5.92 Å². The van der Waals surface area contributed by atoms with Gasteiger partial charge in [-0.3, -0.25) is 4.79 Å². The molecule has 0 radical (unpaired) electrons. The Morgan fingerprint density at radius 1 is 0.878 bits per heavy atom. The van der Waals surface area contributed by atoms with E-state index in [9.17, 15) is 55.5 Å². The van der Waals surface area contributed by atoms with E-state index in [0.29, 0.717) is 5.56 Å². The summed E-state index contributed by atoms with van der Waals surface area (Å²) in [7, 11) is 1.11. The molecule has 3 aliphatic rings. The Bertz CT molecular complexity index is 1350. The van der Waals surface area contributed by atoms with Crippen LogP contribution in [0.25, 0.3) is 0 Å². The number of hydrogen-bond donors (Lipinski definition) is 9. The lowest BCUT2D eigenvalue weighted by molar-refractivity contribution is -0.327. The molecule has 0 aromatic heterocycles. The van der Waals surface area contributed by atoms with Crippen LogP contribution in [0.4, 0.5) is 0 Å². The molecule has 0 unspecified atom stereocenters. The lowest BCUT2D eigenvalue weighted by Gasteiger charge is -2.42. The lowest BCUT2D eigenvalue weighted by atomic mass is 9.86. The van der Waals surface area contributed by atoms with E-state index < -0.39 is 105 Å². The van der Waals surface area contributed by atoms with Gasteiger partial charge in [0.05, 0.1) is 38.6 Å². The highest BCUT2D eigenvalue weighted by atomic mass is 16.8. The van der Waals surface area contributed by atoms with Crippen LogP contribution in [0.2, 0.25) is 0 Å². The summed E-state index contributed by atoms with van der Waals surface area (Å²) in [5.74, 6) is -3.47. The number of phenols is 2. The van der Waals surface area contributed by atoms with Crippen molar-refractivity contribution in [2.75, 3.05) is 26.9 Å². The fourth-order valence-electron chi connectivity index (χ4n) is 5.54. The molecule has 1 aromatic carbocycles. The number of hydrogen-bond acceptors (Lipinski definition) is 18. The summed E-state index contributed by atoms with van der Waals surface area (Å²) < 4.78 is 37.9. The molecule has 0 aliphatic carbocycles. The Hall–Kier alpha value is -3.40. The van der Waals surface area contributed by atoms with Crippen LogP contribution in [0, 0.1) is 5.92 Å². The van der Waals surface area contributed by atoms with Crippen LogP contribution < -0.4 is 0 Å². The Kier molecular flexibility index (Phi) is 13.3. The van der Waals surface area contributed by atoms with Gasteiger partial charge in [0.15, 0.2) is 24.1 Å². The van der Waals surface area contributed by atoms with Crippen molar-refractivity contribution in [3.8, 4) is 11.5 Å². The summed E-state index contributed by atoms with van der Waals surface area (Å²) in [5.41, 5.74) is 0.658. The van der Waals surface area contributed by atoms with Crippen molar-refractivity contribution < 1.29 is 88.7 Å². The molecule has 12 atom stereocenters. The van der Waals surface area contributed by atoms with Crippen LogP contribution in [-0.4, -0.2) is 153 Å². The molecule has 4 rings (SSSR count). The average molecular weight is 703 g/mol. The van der Waals surface area contributed by atoms with Crippen molar-refractivity contribution in [1.82, 2.24) is 0 Å². The summed E-state index contributed by atoms with van der Waals surface area (Å²) in [5, 5.41) is 90.5. The Morgan fingerprint density at radius 3 is 2.16 bits per heavy atom. The number of aliphatic hydroxyl groups excluding tert-OH is 7. The van der Waals surface area contributed by atoms with Gasteiger partial charge in [0.25, 0.3) is 0 Å². The number of aromatic hydroxyl groups is 2. The van der Waals surface area contributed by atoms with Gasteiger partial charge in [0, 0.05) is 11.5 Å². The standard InChI is InChI=1S/C31H42O18/c1-3-14-15(16(28(42)43-2)11-46-29(14)49-31-27(41)24(38)22(36)19(10-32)47-31)9-21(35)45-12-20-23(37)25(39)26(40)30(48-20)44-7-6-13-4-5-17(33)18(34)8-13/h3-5,8,11,15,19-20,22-27,29-34,36-41H,6-7,9-10,12H2,1-2H3/b14-3+/t15-,19-,20+,22+,23+,24-,25-,26+,27+,29-,30+,31-/m0/s1. The topological polar surface area (TPSA) is 281 Å². The zero-order valence-electron chi connectivity index (χ0n) is 26.5. The van der Waals surface area contributed by atoms with Gasteiger partial charge in [-0.1, -0.05) is 12.1 Å². The van der Waals surface area contributed by atoms with Gasteiger partial charge < -0.3 is 79.1 Å². The van der Waals surface area contributed by atoms with E-state index in [1.807, 2.05) is 0 Å². The van der Waals surface area contributed by atoms with Gasteiger partial charge in [-0.25, -0.2) is 4.79 Å². The quantitative estimate of drug-likeness (QED) is 0.0604. The highest BCUT2D eigenvalue weighted by molar-refractivity contribution is 5.90. The third-order valence-electron chi connectivity index (χ3n) is 8.39. The first-order valence-electron chi connectivity index (χ1n) is 15.3. The molecule has 0 amide bonds. The van der Waals surface area contributed by atoms with Crippen LogP contribution in [-0.2, 0) is 49.2 Å². The van der Waals surface area contributed by atoms with Crippen molar-refractivity contribution in [1.29, 1.82) is 0 Å². The molecule has 274 valence electrons. The molecular formula is C31H42O18. The number of carbonyl (C=O) groups is 2. The van der Waals surface area contributed by atoms with Gasteiger partial charge in [0.1, 0.15) is 55.4 Å². The molecule has 0 saturated carbocycles. The number of ether oxygens (including phenoxy) is 7. The Balaban J connectivity index is 1.39. The van der Waals surface area contributed by atoms with E-state index in [4.69, 9.17) is 33.2 Å². The Labute approximate surface area is 279 Å². The molecule has 3 aliphatic heterocycles. The monoisotopic (exact) mass is 702 g/mol. The third kappa shape index (κ3) is 8.86. The minimum atomic E-state index is -1.77. The number of allylic oxidation sites excluding steroid dienone is 1. The maximum atomic E-state index is 13.1. The molecule has 18 heteroatoms. The van der Waals surface area contributed by atoms with Gasteiger partial charge >= 0.3 is 11.9 Å². The zero-order chi connectivity index (χ0) is 36.0. The van der Waals surface area contributed by atoms with Crippen molar-refractivity contribution in [3.63, 3.8) is 0 Å². The molecule has 0 bridgehead atoms. The molecular weight excluding hydrogens is 660 g/mol. The first-order chi connectivity index (χ1) is 23.3. The minimum absolute atomic E-state index is 0.0633. The second kappa shape index (κ2) is 17.0. The summed E-state index contributed by atoms with van der Waals surface area (Å²) in [4.78, 5) is 25.7. The molecule has 1 aromatic rings. The predicted octanol–water partition coefficient (Wildman–Crippen LogP) is -2.81. The third-order valence-corrected chi connectivity index (χ3v) is 8.39. The van der Waals surface area contributed by atoms with Crippen molar-refractivity contribution in [2.45, 2.75) is 87.5 Å². The molecule has 18 nitrogen and oxygen atoms in total. The number of rotatable bonds is 12. The van der Waals surface area contributed by atoms with Crippen LogP contribution in [0.5, 0.6) is 11.5 Å². The maximum Gasteiger partial charge on any atom is 0.337 e. The maximum absolute atomic E-state index is 13.1. The van der Waals surface area contributed by atoms with Crippen LogP contribution in [0.3, 0.4) is 0 Å². The number of carbonyl (C=O) groups excluding carboxylic acids is 2. The molecule has 2 fully saturated rings. The SMILES string of the molecule is C/C=C1/[C@H](O[C@@H]2O[C@@H](CO)[C@@H](O)[C@H](O)[C@H]2O)OC=C(C(=O)OC)[C@H]1CC(=O)OC[C@H]1O[C@@H](OCCc2ccc(O)c(O)c2)[C@H](O)[C@@H](O)[C@@H]1O. The lowest BCUT2D eigenvalue weighted by Crippen LogP contribution is -2.60. The van der Waals surface area contributed by atoms with Gasteiger partial charge in [0.2, 0.25) is 6.29 Å². The number of benzene rings is 1. The predicted molar refractivity (Wildman–Crippen MR) is 159 cm³/mol. The highest BCUT2D eigenvalue weighted by Gasteiger charge is 2.48. The normalized spacial score (nSPS) is 35.7. The fraction of sp³-hybridized carbons (Fsp3) is 0.613. The number of methoxy groups -OCH3 is 1. The largest absolute Gasteiger partial charge is 0.504 e. The number of phenolic OH excluding ortho intramolecular Hbond substituents is 2. The smallest absolute Gasteiger partial charge is 0.337 e. The van der Waals surface area contributed by atoms with E-state index in [2.05, 4.69) is 0 Å². The average Bonchev–Trinajstić information content (AvgIpc) is 3.09. The summed E-state index contributed by atoms with van der Waals surface area (Å²) in [6.45, 7) is 0.170. The summed E-state index contributed by atoms with van der Waals surface area (Å²) >= 11 is 0. The van der Waals surface area contributed by atoms with Gasteiger partial charge in [-0.2, -0.15) is 0 Å².